The predicted octanol–water partition coefficient (Wildman–Crippen LogP) is 5.52. The molecule has 35 heavy (non-hydrogen) atoms. The second-order valence-corrected chi connectivity index (χ2v) is 11.5. The molecule has 190 valence electrons. The lowest BCUT2D eigenvalue weighted by molar-refractivity contribution is -0.146. The molecule has 5 nitrogen and oxygen atoms in total. The highest BCUT2D eigenvalue weighted by atomic mass is 32.1. The van der Waals surface area contributed by atoms with Gasteiger partial charge in [-0.25, -0.2) is 4.98 Å². The highest BCUT2D eigenvalue weighted by Crippen LogP contribution is 2.48. The first kappa shape index (κ1) is 24.7. The van der Waals surface area contributed by atoms with Gasteiger partial charge in [-0.2, -0.15) is 13.2 Å². The number of halogens is 3. The minimum absolute atomic E-state index is 0.107. The molecule has 2 atom stereocenters. The Morgan fingerprint density at radius 3 is 2.60 bits per heavy atom. The third-order valence-electron chi connectivity index (χ3n) is 8.62. The molecule has 5 rings (SSSR count). The number of alkyl halides is 3. The molecule has 2 aliphatic heterocycles. The van der Waals surface area contributed by atoms with Crippen LogP contribution in [0, 0.1) is 11.3 Å². The predicted molar refractivity (Wildman–Crippen MR) is 129 cm³/mol. The number of thiazole rings is 1. The smallest absolute Gasteiger partial charge is 0.337 e. The molecular weight excluding hydrogens is 473 g/mol. The number of rotatable bonds is 4. The second-order valence-electron chi connectivity index (χ2n) is 10.7. The normalized spacial score (nSPS) is 26.3. The molecule has 0 spiro atoms. The number of hydrogen-bond donors (Lipinski definition) is 0. The quantitative estimate of drug-likeness (QED) is 0.548. The summed E-state index contributed by atoms with van der Waals surface area (Å²) < 4.78 is 39.7. The number of carbonyl (C=O) groups excluding carboxylic acids is 1. The van der Waals surface area contributed by atoms with Gasteiger partial charge in [0.2, 0.25) is 5.91 Å². The van der Waals surface area contributed by atoms with Crippen LogP contribution in [0.25, 0.3) is 0 Å². The monoisotopic (exact) mass is 506 g/mol. The molecule has 1 amide bonds. The highest BCUT2D eigenvalue weighted by molar-refractivity contribution is 7.07. The minimum atomic E-state index is -4.43. The Kier molecular flexibility index (Phi) is 6.68. The molecule has 0 N–H and O–H groups in total. The van der Waals surface area contributed by atoms with E-state index in [4.69, 9.17) is 0 Å². The summed E-state index contributed by atoms with van der Waals surface area (Å²) in [5, 5.41) is 2.16. The van der Waals surface area contributed by atoms with Gasteiger partial charge in [-0.3, -0.25) is 9.78 Å². The Bertz CT molecular complexity index is 1050. The van der Waals surface area contributed by atoms with Crippen LogP contribution in [0.15, 0.2) is 23.2 Å². The van der Waals surface area contributed by atoms with Gasteiger partial charge in [-0.05, 0) is 62.7 Å². The Morgan fingerprint density at radius 2 is 1.94 bits per heavy atom. The Balaban J connectivity index is 1.27. The number of aromatic nitrogens is 2. The molecule has 2 fully saturated rings. The molecule has 1 saturated heterocycles. The molecule has 3 aliphatic rings. The van der Waals surface area contributed by atoms with Crippen LogP contribution >= 0.6 is 11.3 Å². The van der Waals surface area contributed by atoms with Crippen LogP contribution in [-0.2, 0) is 23.9 Å². The average Bonchev–Trinajstić information content (AvgIpc) is 3.54. The summed E-state index contributed by atoms with van der Waals surface area (Å²) in [6, 6.07) is 1.56. The molecule has 1 saturated carbocycles. The first-order valence-electron chi connectivity index (χ1n) is 12.6. The topological polar surface area (TPSA) is 49.3 Å². The number of hydrogen-bond acceptors (Lipinski definition) is 5. The standard InChI is InChI=1S/C26H33F3N4OS/c1-17(2)25(7-3-21(12-25)32-8-4-18(5-9-32)23-15-35-16-31-23)24(34)33-10-6-22-19(14-33)11-20(13-30-22)26(27,28)29/h11,13,15-18,21H,3-10,12,14H2,1-2H3/t21?,25-/m0/s1. The van der Waals surface area contributed by atoms with E-state index < -0.39 is 17.2 Å². The molecule has 0 aromatic carbocycles. The summed E-state index contributed by atoms with van der Waals surface area (Å²) in [6.45, 7) is 7.02. The van der Waals surface area contributed by atoms with Crippen molar-refractivity contribution in [2.75, 3.05) is 19.6 Å². The van der Waals surface area contributed by atoms with Crippen LogP contribution in [0.5, 0.6) is 0 Å². The number of carbonyl (C=O) groups is 1. The molecule has 4 heterocycles. The van der Waals surface area contributed by atoms with E-state index in [2.05, 4.69) is 34.1 Å². The fraction of sp³-hybridized carbons (Fsp3) is 0.654. The van der Waals surface area contributed by atoms with Crippen molar-refractivity contribution in [2.45, 2.75) is 77.1 Å². The van der Waals surface area contributed by atoms with Gasteiger partial charge in [0, 0.05) is 48.7 Å². The first-order chi connectivity index (χ1) is 16.7. The molecular formula is C26H33F3N4OS. The van der Waals surface area contributed by atoms with Gasteiger partial charge >= 0.3 is 6.18 Å². The lowest BCUT2D eigenvalue weighted by Crippen LogP contribution is -2.49. The van der Waals surface area contributed by atoms with Crippen molar-refractivity contribution in [1.29, 1.82) is 0 Å². The molecule has 1 aliphatic carbocycles. The van der Waals surface area contributed by atoms with E-state index in [0.29, 0.717) is 36.2 Å². The largest absolute Gasteiger partial charge is 0.417 e. The number of amides is 1. The maximum absolute atomic E-state index is 13.9. The number of pyridine rings is 1. The van der Waals surface area contributed by atoms with E-state index in [1.165, 1.54) is 11.8 Å². The third kappa shape index (κ3) is 4.73. The zero-order valence-electron chi connectivity index (χ0n) is 20.4. The van der Waals surface area contributed by atoms with Crippen LogP contribution in [0.2, 0.25) is 0 Å². The average molecular weight is 507 g/mol. The van der Waals surface area contributed by atoms with E-state index in [1.54, 1.807) is 16.2 Å². The summed E-state index contributed by atoms with van der Waals surface area (Å²) in [5.41, 5.74) is 3.11. The number of piperidine rings is 1. The number of likely N-dealkylation sites (tertiary alicyclic amines) is 1. The molecule has 1 unspecified atom stereocenters. The van der Waals surface area contributed by atoms with E-state index in [9.17, 15) is 18.0 Å². The lowest BCUT2D eigenvalue weighted by atomic mass is 9.73. The van der Waals surface area contributed by atoms with Gasteiger partial charge in [0.15, 0.2) is 0 Å². The van der Waals surface area contributed by atoms with Crippen molar-refractivity contribution < 1.29 is 18.0 Å². The number of fused-ring (bicyclic) bond motifs is 1. The summed E-state index contributed by atoms with van der Waals surface area (Å²) in [4.78, 5) is 26.9. The SMILES string of the molecule is CC(C)[C@]1(C(=O)N2CCc3ncc(C(F)(F)F)cc3C2)CCC(N2CCC(c3cscn3)CC2)C1. The van der Waals surface area contributed by atoms with Gasteiger partial charge in [-0.1, -0.05) is 13.8 Å². The number of nitrogens with zero attached hydrogens (tertiary/aromatic N) is 4. The fourth-order valence-corrected chi connectivity index (χ4v) is 7.02. The molecule has 9 heteroatoms. The van der Waals surface area contributed by atoms with Crippen molar-refractivity contribution in [2.24, 2.45) is 11.3 Å². The first-order valence-corrected chi connectivity index (χ1v) is 13.6. The lowest BCUT2D eigenvalue weighted by Gasteiger charge is -2.41. The zero-order valence-corrected chi connectivity index (χ0v) is 21.2. The van der Waals surface area contributed by atoms with Crippen molar-refractivity contribution >= 4 is 17.2 Å². The minimum Gasteiger partial charge on any atom is -0.337 e. The maximum Gasteiger partial charge on any atom is 0.417 e. The van der Waals surface area contributed by atoms with Crippen LogP contribution in [0.1, 0.15) is 74.4 Å². The van der Waals surface area contributed by atoms with Gasteiger partial charge in [0.05, 0.1) is 22.2 Å². The fourth-order valence-electron chi connectivity index (χ4n) is 6.38. The Hall–Kier alpha value is -2.00. The molecule has 2 aromatic heterocycles. The van der Waals surface area contributed by atoms with E-state index >= 15 is 0 Å². The van der Waals surface area contributed by atoms with Crippen molar-refractivity contribution in [3.05, 3.63) is 45.7 Å². The van der Waals surface area contributed by atoms with E-state index in [-0.39, 0.29) is 18.4 Å². The van der Waals surface area contributed by atoms with Gasteiger partial charge in [0.25, 0.3) is 0 Å². The molecule has 0 radical (unpaired) electrons. The summed E-state index contributed by atoms with van der Waals surface area (Å²) in [7, 11) is 0. The van der Waals surface area contributed by atoms with Crippen LogP contribution in [0.3, 0.4) is 0 Å². The third-order valence-corrected chi connectivity index (χ3v) is 9.23. The maximum atomic E-state index is 13.9. The van der Waals surface area contributed by atoms with Gasteiger partial charge < -0.3 is 9.80 Å². The summed E-state index contributed by atoms with van der Waals surface area (Å²) >= 11 is 1.65. The van der Waals surface area contributed by atoms with Crippen molar-refractivity contribution in [1.82, 2.24) is 19.8 Å². The van der Waals surface area contributed by atoms with E-state index in [1.807, 2.05) is 5.51 Å². The van der Waals surface area contributed by atoms with Crippen LogP contribution in [-0.4, -0.2) is 51.4 Å². The summed E-state index contributed by atoms with van der Waals surface area (Å²) in [5.74, 6) is 0.808. The second kappa shape index (κ2) is 9.47. The zero-order chi connectivity index (χ0) is 24.8. The van der Waals surface area contributed by atoms with Gasteiger partial charge in [0.1, 0.15) is 0 Å². The van der Waals surface area contributed by atoms with Gasteiger partial charge in [-0.15, -0.1) is 11.3 Å². The Labute approximate surface area is 208 Å². The van der Waals surface area contributed by atoms with Crippen molar-refractivity contribution in [3.63, 3.8) is 0 Å². The van der Waals surface area contributed by atoms with E-state index in [0.717, 1.165) is 51.4 Å². The molecule has 2 aromatic rings. The van der Waals surface area contributed by atoms with Crippen LogP contribution in [0.4, 0.5) is 13.2 Å². The summed E-state index contributed by atoms with van der Waals surface area (Å²) in [6.07, 6.45) is 1.83. The highest BCUT2D eigenvalue weighted by Gasteiger charge is 2.51. The van der Waals surface area contributed by atoms with Crippen LogP contribution < -0.4 is 0 Å². The molecule has 0 bridgehead atoms. The van der Waals surface area contributed by atoms with Crippen molar-refractivity contribution in [3.8, 4) is 0 Å². The Morgan fingerprint density at radius 1 is 1.17 bits per heavy atom.